The molecule has 2 rings (SSSR count). The Morgan fingerprint density at radius 2 is 2.10 bits per heavy atom. The third-order valence-electron chi connectivity index (χ3n) is 3.73. The standard InChI is InChI=1S/C15H26N6/c1-5-8-16-15-18-13-12(9-17-20-13)14(19-15)21(7-3)10-11(4)6-2/h9,11H,5-8,10H2,1-4H3,(H2,16,17,18,19,20). The first-order chi connectivity index (χ1) is 10.2. The Bertz CT molecular complexity index is 564. The fourth-order valence-corrected chi connectivity index (χ4v) is 2.25. The van der Waals surface area contributed by atoms with E-state index in [9.17, 15) is 0 Å². The van der Waals surface area contributed by atoms with Gasteiger partial charge in [0.15, 0.2) is 5.65 Å². The summed E-state index contributed by atoms with van der Waals surface area (Å²) in [4.78, 5) is 11.5. The first-order valence-corrected chi connectivity index (χ1v) is 7.89. The second-order valence-electron chi connectivity index (χ2n) is 5.48. The van der Waals surface area contributed by atoms with Crippen molar-refractivity contribution in [3.63, 3.8) is 0 Å². The molecule has 2 aromatic rings. The molecule has 1 atom stereocenters. The van der Waals surface area contributed by atoms with Crippen LogP contribution in [-0.2, 0) is 0 Å². The van der Waals surface area contributed by atoms with E-state index >= 15 is 0 Å². The highest BCUT2D eigenvalue weighted by molar-refractivity contribution is 5.87. The summed E-state index contributed by atoms with van der Waals surface area (Å²) in [5, 5.41) is 11.3. The fraction of sp³-hybridized carbons (Fsp3) is 0.667. The SMILES string of the molecule is CCCNc1nc(N(CC)CC(C)CC)c2cn[nH]c2n1. The number of hydrogen-bond donors (Lipinski definition) is 2. The number of anilines is 2. The van der Waals surface area contributed by atoms with Gasteiger partial charge in [0, 0.05) is 19.6 Å². The number of hydrogen-bond acceptors (Lipinski definition) is 5. The normalized spacial score (nSPS) is 12.6. The predicted molar refractivity (Wildman–Crippen MR) is 87.8 cm³/mol. The second kappa shape index (κ2) is 7.24. The molecule has 0 fully saturated rings. The molecule has 0 aromatic carbocycles. The summed E-state index contributed by atoms with van der Waals surface area (Å²) in [5.74, 6) is 2.27. The summed E-state index contributed by atoms with van der Waals surface area (Å²) in [5.41, 5.74) is 0.793. The van der Waals surface area contributed by atoms with Crippen molar-refractivity contribution in [2.75, 3.05) is 29.9 Å². The maximum atomic E-state index is 4.71. The fourth-order valence-electron chi connectivity index (χ4n) is 2.25. The highest BCUT2D eigenvalue weighted by Gasteiger charge is 2.16. The number of rotatable bonds is 8. The first kappa shape index (κ1) is 15.5. The summed E-state index contributed by atoms with van der Waals surface area (Å²) in [6.07, 6.45) is 4.02. The number of aromatic nitrogens is 4. The molecule has 116 valence electrons. The van der Waals surface area contributed by atoms with Crippen LogP contribution in [0.4, 0.5) is 11.8 Å². The highest BCUT2D eigenvalue weighted by atomic mass is 15.3. The third kappa shape index (κ3) is 3.62. The van der Waals surface area contributed by atoms with Gasteiger partial charge in [-0.25, -0.2) is 0 Å². The molecular weight excluding hydrogens is 264 g/mol. The van der Waals surface area contributed by atoms with Crippen LogP contribution in [0.25, 0.3) is 11.0 Å². The first-order valence-electron chi connectivity index (χ1n) is 7.89. The minimum absolute atomic E-state index is 0.633. The zero-order chi connectivity index (χ0) is 15.2. The van der Waals surface area contributed by atoms with Gasteiger partial charge >= 0.3 is 0 Å². The zero-order valence-corrected chi connectivity index (χ0v) is 13.5. The van der Waals surface area contributed by atoms with Crippen LogP contribution in [-0.4, -0.2) is 39.8 Å². The Balaban J connectivity index is 2.36. The Labute approximate surface area is 126 Å². The van der Waals surface area contributed by atoms with E-state index in [2.05, 4.69) is 53.1 Å². The number of H-pyrrole nitrogens is 1. The van der Waals surface area contributed by atoms with Crippen LogP contribution >= 0.6 is 0 Å². The van der Waals surface area contributed by atoms with Crippen LogP contribution in [0.1, 0.15) is 40.5 Å². The lowest BCUT2D eigenvalue weighted by Crippen LogP contribution is -2.29. The van der Waals surface area contributed by atoms with Gasteiger partial charge < -0.3 is 10.2 Å². The van der Waals surface area contributed by atoms with Gasteiger partial charge in [0.1, 0.15) is 5.82 Å². The summed E-state index contributed by atoms with van der Waals surface area (Å²) in [6.45, 7) is 11.6. The molecule has 0 aliphatic heterocycles. The van der Waals surface area contributed by atoms with E-state index in [1.54, 1.807) is 0 Å². The van der Waals surface area contributed by atoms with Gasteiger partial charge in [0.2, 0.25) is 5.95 Å². The average molecular weight is 290 g/mol. The van der Waals surface area contributed by atoms with Crippen molar-refractivity contribution in [3.05, 3.63) is 6.20 Å². The molecule has 0 bridgehead atoms. The molecule has 2 aromatic heterocycles. The lowest BCUT2D eigenvalue weighted by molar-refractivity contribution is 0.546. The van der Waals surface area contributed by atoms with Crippen molar-refractivity contribution in [1.29, 1.82) is 0 Å². The van der Waals surface area contributed by atoms with Gasteiger partial charge in [-0.1, -0.05) is 27.2 Å². The molecule has 0 spiro atoms. The number of nitrogens with zero attached hydrogens (tertiary/aromatic N) is 4. The van der Waals surface area contributed by atoms with Crippen LogP contribution in [0.2, 0.25) is 0 Å². The number of fused-ring (bicyclic) bond motifs is 1. The van der Waals surface area contributed by atoms with E-state index < -0.39 is 0 Å². The van der Waals surface area contributed by atoms with Crippen molar-refractivity contribution in [1.82, 2.24) is 20.2 Å². The Morgan fingerprint density at radius 3 is 2.76 bits per heavy atom. The molecule has 0 radical (unpaired) electrons. The van der Waals surface area contributed by atoms with Crippen molar-refractivity contribution < 1.29 is 0 Å². The zero-order valence-electron chi connectivity index (χ0n) is 13.5. The lowest BCUT2D eigenvalue weighted by Gasteiger charge is -2.25. The van der Waals surface area contributed by atoms with E-state index in [-0.39, 0.29) is 0 Å². The third-order valence-corrected chi connectivity index (χ3v) is 3.73. The van der Waals surface area contributed by atoms with Gasteiger partial charge in [-0.15, -0.1) is 0 Å². The minimum atomic E-state index is 0.633. The summed E-state index contributed by atoms with van der Waals surface area (Å²) < 4.78 is 0. The maximum absolute atomic E-state index is 4.71. The van der Waals surface area contributed by atoms with Crippen LogP contribution in [0.5, 0.6) is 0 Å². The molecule has 6 heteroatoms. The van der Waals surface area contributed by atoms with Gasteiger partial charge in [0.05, 0.1) is 11.6 Å². The topological polar surface area (TPSA) is 69.7 Å². The Morgan fingerprint density at radius 1 is 1.29 bits per heavy atom. The summed E-state index contributed by atoms with van der Waals surface area (Å²) in [7, 11) is 0. The Kier molecular flexibility index (Phi) is 5.36. The smallest absolute Gasteiger partial charge is 0.226 e. The molecule has 21 heavy (non-hydrogen) atoms. The number of aromatic amines is 1. The molecule has 0 amide bonds. The highest BCUT2D eigenvalue weighted by Crippen LogP contribution is 2.24. The van der Waals surface area contributed by atoms with E-state index in [0.29, 0.717) is 11.9 Å². The van der Waals surface area contributed by atoms with Crippen molar-refractivity contribution in [3.8, 4) is 0 Å². The van der Waals surface area contributed by atoms with Gasteiger partial charge in [-0.05, 0) is 19.3 Å². The summed E-state index contributed by atoms with van der Waals surface area (Å²) in [6, 6.07) is 0. The molecule has 0 aliphatic carbocycles. The minimum Gasteiger partial charge on any atom is -0.356 e. The molecule has 2 N–H and O–H groups in total. The Hall–Kier alpha value is -1.85. The van der Waals surface area contributed by atoms with Crippen LogP contribution in [0.15, 0.2) is 6.20 Å². The number of nitrogens with one attached hydrogen (secondary N) is 2. The van der Waals surface area contributed by atoms with Crippen LogP contribution in [0.3, 0.4) is 0 Å². The van der Waals surface area contributed by atoms with Gasteiger partial charge in [0.25, 0.3) is 0 Å². The predicted octanol–water partition coefficient (Wildman–Crippen LogP) is 3.05. The van der Waals surface area contributed by atoms with Crippen molar-refractivity contribution in [2.45, 2.75) is 40.5 Å². The molecule has 0 saturated heterocycles. The van der Waals surface area contributed by atoms with Gasteiger partial charge in [-0.3, -0.25) is 5.10 Å². The second-order valence-corrected chi connectivity index (χ2v) is 5.48. The molecular formula is C15H26N6. The van der Waals surface area contributed by atoms with E-state index in [0.717, 1.165) is 49.3 Å². The van der Waals surface area contributed by atoms with Crippen LogP contribution in [0, 0.1) is 5.92 Å². The van der Waals surface area contributed by atoms with E-state index in [1.807, 2.05) is 6.20 Å². The molecule has 1 unspecified atom stereocenters. The summed E-state index contributed by atoms with van der Waals surface area (Å²) >= 11 is 0. The van der Waals surface area contributed by atoms with Crippen molar-refractivity contribution >= 4 is 22.8 Å². The van der Waals surface area contributed by atoms with Crippen LogP contribution < -0.4 is 10.2 Å². The molecule has 2 heterocycles. The van der Waals surface area contributed by atoms with Crippen molar-refractivity contribution in [2.24, 2.45) is 5.92 Å². The monoisotopic (exact) mass is 290 g/mol. The van der Waals surface area contributed by atoms with E-state index in [1.165, 1.54) is 0 Å². The average Bonchev–Trinajstić information content (AvgIpc) is 2.97. The molecule has 0 saturated carbocycles. The largest absolute Gasteiger partial charge is 0.356 e. The molecule has 0 aliphatic rings. The lowest BCUT2D eigenvalue weighted by atomic mass is 10.1. The van der Waals surface area contributed by atoms with E-state index in [4.69, 9.17) is 4.98 Å². The quantitative estimate of drug-likeness (QED) is 0.782. The van der Waals surface area contributed by atoms with Gasteiger partial charge in [-0.2, -0.15) is 15.1 Å². The maximum Gasteiger partial charge on any atom is 0.226 e. The molecule has 6 nitrogen and oxygen atoms in total.